The Kier molecular flexibility index (Phi) is 4.81. The molecule has 84 valence electrons. The molecule has 0 aromatic heterocycles. The van der Waals surface area contributed by atoms with Gasteiger partial charge >= 0.3 is 5.97 Å². The zero-order valence-corrected chi connectivity index (χ0v) is 11.2. The fourth-order valence-corrected chi connectivity index (χ4v) is 2.08. The first-order valence-electron chi connectivity index (χ1n) is 5.04. The maximum Gasteiger partial charge on any atom is 0.331 e. The molecule has 0 amide bonds. The minimum Gasteiger partial charge on any atom is -0.479 e. The first-order chi connectivity index (χ1) is 6.16. The minimum absolute atomic E-state index is 0.0231. The molecule has 14 heavy (non-hydrogen) atoms. The van der Waals surface area contributed by atoms with Gasteiger partial charge in [0.05, 0.1) is 0 Å². The van der Waals surface area contributed by atoms with Crippen LogP contribution in [0.15, 0.2) is 0 Å². The van der Waals surface area contributed by atoms with Crippen LogP contribution in [-0.2, 0) is 9.22 Å². The summed E-state index contributed by atoms with van der Waals surface area (Å²) in [6, 6.07) is 0. The molecule has 0 saturated carbocycles. The summed E-state index contributed by atoms with van der Waals surface area (Å²) < 4.78 is 5.54. The van der Waals surface area contributed by atoms with E-state index in [1.54, 1.807) is 0 Å². The van der Waals surface area contributed by atoms with Crippen molar-refractivity contribution in [3.63, 3.8) is 0 Å². The number of hydrogen-bond donors (Lipinski definition) is 1. The van der Waals surface area contributed by atoms with Gasteiger partial charge in [0.15, 0.2) is 9.04 Å². The van der Waals surface area contributed by atoms with E-state index in [9.17, 15) is 4.79 Å². The summed E-state index contributed by atoms with van der Waals surface area (Å²) in [6.07, 6.45) is -0.651. The van der Waals surface area contributed by atoms with Crippen LogP contribution < -0.4 is 0 Å². The second kappa shape index (κ2) is 4.93. The van der Waals surface area contributed by atoms with Crippen LogP contribution in [0.25, 0.3) is 0 Å². The third-order valence-electron chi connectivity index (χ3n) is 2.48. The molecule has 0 bridgehead atoms. The van der Waals surface area contributed by atoms with Crippen LogP contribution in [0.4, 0.5) is 0 Å². The Morgan fingerprint density at radius 3 is 2.00 bits per heavy atom. The number of aliphatic carboxylic acids is 1. The lowest BCUT2D eigenvalue weighted by atomic mass is 9.79. The van der Waals surface area contributed by atoms with Crippen LogP contribution in [0.2, 0.25) is 13.1 Å². The lowest BCUT2D eigenvalue weighted by molar-refractivity contribution is -0.149. The monoisotopic (exact) mass is 218 g/mol. The molecule has 4 heteroatoms. The zero-order valence-electron chi connectivity index (χ0n) is 10.00. The van der Waals surface area contributed by atoms with Crippen molar-refractivity contribution in [3.05, 3.63) is 0 Å². The molecule has 0 saturated heterocycles. The van der Waals surface area contributed by atoms with E-state index in [1.165, 1.54) is 0 Å². The first kappa shape index (κ1) is 13.6. The molecule has 0 aliphatic carbocycles. The number of hydrogen-bond acceptors (Lipinski definition) is 2. The van der Waals surface area contributed by atoms with E-state index in [4.69, 9.17) is 9.53 Å². The number of carboxylic acids is 1. The predicted octanol–water partition coefficient (Wildman–Crippen LogP) is 2.12. The van der Waals surface area contributed by atoms with Crippen LogP contribution in [0.3, 0.4) is 0 Å². The summed E-state index contributed by atoms with van der Waals surface area (Å²) in [6.45, 7) is 12.0. The summed E-state index contributed by atoms with van der Waals surface area (Å²) in [7, 11) is -1.29. The number of rotatable bonds is 4. The van der Waals surface area contributed by atoms with Crippen LogP contribution in [-0.4, -0.2) is 26.2 Å². The highest BCUT2D eigenvalue weighted by Gasteiger charge is 2.34. The van der Waals surface area contributed by atoms with Gasteiger partial charge in [-0.2, -0.15) is 0 Å². The summed E-state index contributed by atoms with van der Waals surface area (Å²) in [4.78, 5) is 11.0. The van der Waals surface area contributed by atoms with Gasteiger partial charge in [-0.15, -0.1) is 0 Å². The predicted molar refractivity (Wildman–Crippen MR) is 60.0 cm³/mol. The quantitative estimate of drug-likeness (QED) is 0.735. The van der Waals surface area contributed by atoms with Crippen LogP contribution in [0, 0.1) is 11.3 Å². The Balaban J connectivity index is 4.58. The summed E-state index contributed by atoms with van der Waals surface area (Å²) in [5, 5.41) is 9.05. The zero-order chi connectivity index (χ0) is 11.5. The summed E-state index contributed by atoms with van der Waals surface area (Å²) in [5.74, 6) is -0.816. The Bertz CT molecular complexity index is 196. The van der Waals surface area contributed by atoms with Crippen molar-refractivity contribution in [2.24, 2.45) is 11.3 Å². The van der Waals surface area contributed by atoms with Gasteiger partial charge in [0.25, 0.3) is 0 Å². The lowest BCUT2D eigenvalue weighted by Gasteiger charge is -2.33. The van der Waals surface area contributed by atoms with Crippen molar-refractivity contribution in [3.8, 4) is 0 Å². The smallest absolute Gasteiger partial charge is 0.331 e. The fraction of sp³-hybridized carbons (Fsp3) is 0.900. The topological polar surface area (TPSA) is 46.5 Å². The fourth-order valence-electron chi connectivity index (χ4n) is 1.14. The van der Waals surface area contributed by atoms with Gasteiger partial charge in [-0.05, 0) is 24.4 Å². The molecular weight excluding hydrogens is 196 g/mol. The normalized spacial score (nSPS) is 16.8. The van der Waals surface area contributed by atoms with E-state index in [-0.39, 0.29) is 11.3 Å². The summed E-state index contributed by atoms with van der Waals surface area (Å²) >= 11 is 0. The largest absolute Gasteiger partial charge is 0.479 e. The minimum atomic E-state index is -1.29. The maximum atomic E-state index is 11.0. The van der Waals surface area contributed by atoms with Crippen LogP contribution in [0.5, 0.6) is 0 Å². The molecule has 0 aromatic rings. The average Bonchev–Trinajstić information content (AvgIpc) is 1.96. The standard InChI is InChI=1S/C10H22O3Si/c1-7(10(2,3)4)8(9(11)12)13-14(5)6/h7-8,14H,1-6H3,(H,11,12)/t7?,8-/m1/s1. The molecule has 0 fully saturated rings. The molecular formula is C10H22O3Si. The van der Waals surface area contributed by atoms with Crippen molar-refractivity contribution in [2.75, 3.05) is 0 Å². The van der Waals surface area contributed by atoms with Crippen LogP contribution in [0.1, 0.15) is 27.7 Å². The SMILES string of the molecule is CC([C@@H](O[SiH](C)C)C(=O)O)C(C)(C)C. The highest BCUT2D eigenvalue weighted by molar-refractivity contribution is 6.48. The van der Waals surface area contributed by atoms with Gasteiger partial charge in [-0.25, -0.2) is 4.79 Å². The molecule has 0 radical (unpaired) electrons. The third kappa shape index (κ3) is 4.24. The van der Waals surface area contributed by atoms with Crippen molar-refractivity contribution >= 4 is 15.0 Å². The van der Waals surface area contributed by atoms with Gasteiger partial charge in [0.2, 0.25) is 0 Å². The van der Waals surface area contributed by atoms with E-state index in [2.05, 4.69) is 0 Å². The molecule has 3 nitrogen and oxygen atoms in total. The Morgan fingerprint density at radius 2 is 1.79 bits per heavy atom. The first-order valence-corrected chi connectivity index (χ1v) is 7.82. The van der Waals surface area contributed by atoms with Gasteiger partial charge in [0, 0.05) is 0 Å². The second-order valence-electron chi connectivity index (χ2n) is 5.10. The molecule has 1 unspecified atom stereocenters. The molecule has 0 heterocycles. The molecule has 0 spiro atoms. The van der Waals surface area contributed by atoms with E-state index >= 15 is 0 Å². The molecule has 1 N–H and O–H groups in total. The van der Waals surface area contributed by atoms with Crippen molar-refractivity contribution in [2.45, 2.75) is 46.9 Å². The van der Waals surface area contributed by atoms with E-state index < -0.39 is 21.1 Å². The van der Waals surface area contributed by atoms with Crippen molar-refractivity contribution in [1.82, 2.24) is 0 Å². The van der Waals surface area contributed by atoms with E-state index in [1.807, 2.05) is 40.8 Å². The second-order valence-corrected chi connectivity index (χ2v) is 7.47. The lowest BCUT2D eigenvalue weighted by Crippen LogP contribution is -2.40. The number of carbonyl (C=O) groups is 1. The highest BCUT2D eigenvalue weighted by atomic mass is 28.3. The van der Waals surface area contributed by atoms with Gasteiger partial charge < -0.3 is 9.53 Å². The van der Waals surface area contributed by atoms with Gasteiger partial charge in [-0.1, -0.05) is 27.7 Å². The van der Waals surface area contributed by atoms with Crippen molar-refractivity contribution in [1.29, 1.82) is 0 Å². The Labute approximate surface area is 88.2 Å². The van der Waals surface area contributed by atoms with E-state index in [0.717, 1.165) is 0 Å². The Morgan fingerprint density at radius 1 is 1.36 bits per heavy atom. The molecule has 0 rings (SSSR count). The molecule has 0 aliphatic heterocycles. The Hall–Kier alpha value is -0.353. The summed E-state index contributed by atoms with van der Waals surface area (Å²) in [5.41, 5.74) is -0.0354. The van der Waals surface area contributed by atoms with Crippen molar-refractivity contribution < 1.29 is 14.3 Å². The third-order valence-corrected chi connectivity index (χ3v) is 3.32. The molecule has 2 atom stereocenters. The maximum absolute atomic E-state index is 11.0. The van der Waals surface area contributed by atoms with Gasteiger partial charge in [-0.3, -0.25) is 0 Å². The van der Waals surface area contributed by atoms with Crippen LogP contribution >= 0.6 is 0 Å². The van der Waals surface area contributed by atoms with E-state index in [0.29, 0.717) is 0 Å². The average molecular weight is 218 g/mol. The molecule has 0 aromatic carbocycles. The van der Waals surface area contributed by atoms with Gasteiger partial charge in [0.1, 0.15) is 6.10 Å². The highest BCUT2D eigenvalue weighted by Crippen LogP contribution is 2.30. The number of carboxylic acid groups (broad SMARTS) is 1. The molecule has 0 aliphatic rings.